The number of hydrogen-bond acceptors (Lipinski definition) is 4. The van der Waals surface area contributed by atoms with Gasteiger partial charge in [-0.2, -0.15) is 0 Å². The van der Waals surface area contributed by atoms with Crippen molar-refractivity contribution in [1.82, 2.24) is 19.8 Å². The Hall–Kier alpha value is -2.90. The molecule has 0 bridgehead atoms. The third-order valence-electron chi connectivity index (χ3n) is 6.39. The Morgan fingerprint density at radius 3 is 2.77 bits per heavy atom. The molecule has 0 unspecified atom stereocenters. The van der Waals surface area contributed by atoms with Gasteiger partial charge in [-0.15, -0.1) is 0 Å². The van der Waals surface area contributed by atoms with Gasteiger partial charge in [0.2, 0.25) is 5.91 Å². The molecule has 7 nitrogen and oxygen atoms in total. The summed E-state index contributed by atoms with van der Waals surface area (Å²) in [5.41, 5.74) is -0.475. The largest absolute Gasteiger partial charge is 0.352 e. The van der Waals surface area contributed by atoms with Crippen molar-refractivity contribution in [3.8, 4) is 5.82 Å². The van der Waals surface area contributed by atoms with Gasteiger partial charge in [-0.25, -0.2) is 9.37 Å². The van der Waals surface area contributed by atoms with E-state index < -0.39 is 17.1 Å². The number of aromatic nitrogens is 2. The predicted octanol–water partition coefficient (Wildman–Crippen LogP) is 2.15. The molecule has 0 aromatic carbocycles. The van der Waals surface area contributed by atoms with Crippen molar-refractivity contribution >= 4 is 17.5 Å². The second-order valence-electron chi connectivity index (χ2n) is 8.89. The lowest BCUT2D eigenvalue weighted by Gasteiger charge is -2.46. The number of alkyl halides is 1. The normalized spacial score (nSPS) is 23.5. The van der Waals surface area contributed by atoms with Gasteiger partial charge in [-0.05, 0) is 57.4 Å². The van der Waals surface area contributed by atoms with Crippen LogP contribution in [0.1, 0.15) is 38.8 Å². The van der Waals surface area contributed by atoms with E-state index in [4.69, 9.17) is 0 Å². The summed E-state index contributed by atoms with van der Waals surface area (Å²) in [7, 11) is 0. The number of carbonyl (C=O) groups excluding carboxylic acids is 2. The molecule has 8 heteroatoms. The van der Waals surface area contributed by atoms with Gasteiger partial charge in [0.1, 0.15) is 5.54 Å². The monoisotopic (exact) mass is 411 g/mol. The van der Waals surface area contributed by atoms with Crippen LogP contribution in [0, 0.1) is 0 Å². The molecule has 3 aliphatic rings. The van der Waals surface area contributed by atoms with E-state index in [2.05, 4.69) is 15.2 Å². The number of halogens is 1. The molecule has 5 rings (SSSR count). The van der Waals surface area contributed by atoms with Gasteiger partial charge in [0.15, 0.2) is 11.5 Å². The van der Waals surface area contributed by atoms with Crippen LogP contribution in [0.4, 0.5) is 10.1 Å². The summed E-state index contributed by atoms with van der Waals surface area (Å²) in [5.74, 6) is 0.253. The van der Waals surface area contributed by atoms with Crippen molar-refractivity contribution in [2.75, 3.05) is 24.5 Å². The van der Waals surface area contributed by atoms with Crippen LogP contribution in [0.15, 0.2) is 36.7 Å². The first kappa shape index (κ1) is 19.1. The molecular weight excluding hydrogens is 385 g/mol. The number of nitrogens with one attached hydrogen (secondary N) is 1. The number of amides is 2. The maximum absolute atomic E-state index is 14.5. The molecule has 1 aliphatic carbocycles. The zero-order valence-corrected chi connectivity index (χ0v) is 17.3. The van der Waals surface area contributed by atoms with E-state index >= 15 is 0 Å². The highest BCUT2D eigenvalue weighted by Crippen LogP contribution is 2.49. The molecule has 158 valence electrons. The van der Waals surface area contributed by atoms with E-state index in [9.17, 15) is 14.0 Å². The van der Waals surface area contributed by atoms with Gasteiger partial charge in [-0.3, -0.25) is 9.59 Å². The van der Waals surface area contributed by atoms with Gasteiger partial charge in [0, 0.05) is 31.5 Å². The average Bonchev–Trinajstić information content (AvgIpc) is 3.12. The summed E-state index contributed by atoms with van der Waals surface area (Å²) in [6, 6.07) is 7.81. The van der Waals surface area contributed by atoms with E-state index in [1.165, 1.54) is 0 Å². The highest BCUT2D eigenvalue weighted by Gasteiger charge is 2.57. The van der Waals surface area contributed by atoms with Crippen molar-refractivity contribution in [3.63, 3.8) is 0 Å². The second-order valence-corrected chi connectivity index (χ2v) is 8.89. The lowest BCUT2D eigenvalue weighted by molar-refractivity contribution is -0.137. The van der Waals surface area contributed by atoms with Crippen molar-refractivity contribution in [2.45, 2.75) is 50.4 Å². The molecule has 2 fully saturated rings. The Kier molecular flexibility index (Phi) is 4.17. The maximum Gasteiger partial charge on any atom is 0.260 e. The fraction of sp³-hybridized carbons (Fsp3) is 0.500. The van der Waals surface area contributed by atoms with Crippen molar-refractivity contribution in [3.05, 3.63) is 42.4 Å². The molecule has 2 aliphatic heterocycles. The molecule has 30 heavy (non-hydrogen) atoms. The molecule has 2 amide bonds. The van der Waals surface area contributed by atoms with Crippen LogP contribution in [0.2, 0.25) is 0 Å². The Balaban J connectivity index is 1.57. The van der Waals surface area contributed by atoms with Gasteiger partial charge in [0.25, 0.3) is 5.91 Å². The number of anilines is 1. The lowest BCUT2D eigenvalue weighted by Crippen LogP contribution is -2.56. The van der Waals surface area contributed by atoms with Crippen LogP contribution >= 0.6 is 0 Å². The van der Waals surface area contributed by atoms with Gasteiger partial charge in [-0.1, -0.05) is 0 Å². The Bertz CT molecular complexity index is 1010. The highest BCUT2D eigenvalue weighted by molar-refractivity contribution is 5.89. The SMILES string of the molecule is CC(C)NC(=O)CN1c2cccnc2-n2cccc2[C@@]12CCN(C(=O)C1(F)CC1)C2. The fourth-order valence-corrected chi connectivity index (χ4v) is 4.85. The zero-order valence-electron chi connectivity index (χ0n) is 17.3. The first-order valence-electron chi connectivity index (χ1n) is 10.5. The van der Waals surface area contributed by atoms with E-state index in [1.807, 2.05) is 48.9 Å². The predicted molar refractivity (Wildman–Crippen MR) is 110 cm³/mol. The summed E-state index contributed by atoms with van der Waals surface area (Å²) in [5, 5.41) is 2.96. The van der Waals surface area contributed by atoms with E-state index in [1.54, 1.807) is 11.1 Å². The van der Waals surface area contributed by atoms with E-state index in [0.717, 1.165) is 17.2 Å². The third-order valence-corrected chi connectivity index (χ3v) is 6.39. The van der Waals surface area contributed by atoms with Crippen LogP contribution in [0.3, 0.4) is 0 Å². The molecule has 1 saturated carbocycles. The van der Waals surface area contributed by atoms with Gasteiger partial charge >= 0.3 is 0 Å². The third kappa shape index (κ3) is 2.80. The summed E-state index contributed by atoms with van der Waals surface area (Å²) in [6.45, 7) is 4.82. The topological polar surface area (TPSA) is 70.5 Å². The van der Waals surface area contributed by atoms with Gasteiger partial charge in [0.05, 0.1) is 17.9 Å². The first-order chi connectivity index (χ1) is 14.3. The molecule has 1 atom stereocenters. The molecular formula is C22H26FN5O2. The van der Waals surface area contributed by atoms with E-state index in [0.29, 0.717) is 32.4 Å². The quantitative estimate of drug-likeness (QED) is 0.837. The molecule has 1 spiro atoms. The Morgan fingerprint density at radius 1 is 1.23 bits per heavy atom. The summed E-state index contributed by atoms with van der Waals surface area (Å²) >= 11 is 0. The molecule has 1 saturated heterocycles. The van der Waals surface area contributed by atoms with Crippen LogP contribution < -0.4 is 10.2 Å². The number of hydrogen-bond donors (Lipinski definition) is 1. The zero-order chi connectivity index (χ0) is 21.1. The number of pyridine rings is 1. The van der Waals surface area contributed by atoms with Gasteiger partial charge < -0.3 is 19.7 Å². The molecule has 2 aromatic rings. The van der Waals surface area contributed by atoms with Crippen molar-refractivity contribution in [2.24, 2.45) is 0 Å². The number of rotatable bonds is 4. The number of likely N-dealkylation sites (tertiary alicyclic amines) is 1. The molecule has 1 N–H and O–H groups in total. The second kappa shape index (κ2) is 6.55. The van der Waals surface area contributed by atoms with E-state index in [-0.39, 0.29) is 18.5 Å². The summed E-state index contributed by atoms with van der Waals surface area (Å²) in [6.07, 6.45) is 4.92. The average molecular weight is 411 g/mol. The van der Waals surface area contributed by atoms with Crippen LogP contribution in [-0.4, -0.2) is 57.6 Å². The lowest BCUT2D eigenvalue weighted by atomic mass is 9.88. The first-order valence-corrected chi connectivity index (χ1v) is 10.5. The number of carbonyl (C=O) groups is 2. The minimum atomic E-state index is -1.69. The van der Waals surface area contributed by atoms with Crippen LogP contribution in [-0.2, 0) is 15.1 Å². The molecule has 0 radical (unpaired) electrons. The fourth-order valence-electron chi connectivity index (χ4n) is 4.85. The minimum Gasteiger partial charge on any atom is -0.352 e. The highest BCUT2D eigenvalue weighted by atomic mass is 19.1. The van der Waals surface area contributed by atoms with Crippen LogP contribution in [0.25, 0.3) is 5.82 Å². The molecule has 4 heterocycles. The van der Waals surface area contributed by atoms with Crippen molar-refractivity contribution in [1.29, 1.82) is 0 Å². The summed E-state index contributed by atoms with van der Waals surface area (Å²) in [4.78, 5) is 33.8. The van der Waals surface area contributed by atoms with Crippen LogP contribution in [0.5, 0.6) is 0 Å². The standard InChI is InChI=1S/C22H26FN5O2/c1-15(2)25-18(29)13-28-16-5-3-10-24-19(16)27-11-4-6-17(27)22(28)9-12-26(14-22)20(30)21(23)7-8-21/h3-6,10-11,15H,7-9,12-14H2,1-2H3,(H,25,29)/t22-/m0/s1. The summed E-state index contributed by atoms with van der Waals surface area (Å²) < 4.78 is 16.6. The number of fused-ring (bicyclic) bond motifs is 4. The minimum absolute atomic E-state index is 0.0263. The Morgan fingerprint density at radius 2 is 2.03 bits per heavy atom. The molecule has 2 aromatic heterocycles. The van der Waals surface area contributed by atoms with Crippen molar-refractivity contribution < 1.29 is 14.0 Å². The smallest absolute Gasteiger partial charge is 0.260 e. The maximum atomic E-state index is 14.5. The Labute approximate surface area is 174 Å². The number of nitrogens with zero attached hydrogens (tertiary/aromatic N) is 4.